The van der Waals surface area contributed by atoms with Crippen molar-refractivity contribution >= 4 is 11.9 Å². The van der Waals surface area contributed by atoms with Crippen molar-refractivity contribution in [1.29, 1.82) is 0 Å². The number of nitrogens with one attached hydrogen (secondary N) is 1. The number of carbonyl (C=O) groups is 1. The number of hydrogen-bond donors (Lipinski definition) is 1. The number of hydrogen-bond acceptors (Lipinski definition) is 5. The van der Waals surface area contributed by atoms with Crippen molar-refractivity contribution in [3.63, 3.8) is 0 Å². The summed E-state index contributed by atoms with van der Waals surface area (Å²) >= 11 is 0. The van der Waals surface area contributed by atoms with Crippen LogP contribution in [0.4, 0.5) is 5.95 Å². The Morgan fingerprint density at radius 2 is 1.91 bits per heavy atom. The minimum absolute atomic E-state index is 0.234. The Labute approximate surface area is 188 Å². The number of aromatic amines is 1. The maximum Gasteiger partial charge on any atom is 0.225 e. The fourth-order valence-electron chi connectivity index (χ4n) is 4.87. The van der Waals surface area contributed by atoms with Crippen LogP contribution in [0.5, 0.6) is 0 Å². The molecule has 32 heavy (non-hydrogen) atoms. The standard InChI is InChI=1S/C25H30N6O/c32-23(11-10-19-7-2-1-3-8-19)31-16-6-9-20(18-31)24-21(17-27-29-24)22-12-13-26-25(28-22)30-14-4-5-15-30/h1-3,7-8,12-13,17,20H,4-6,9-11,14-16,18H2,(H,27,29)/t20-/m1/s1. The van der Waals surface area contributed by atoms with Gasteiger partial charge in [0.05, 0.1) is 11.9 Å². The van der Waals surface area contributed by atoms with E-state index in [1.54, 1.807) is 0 Å². The first kappa shape index (κ1) is 20.7. The lowest BCUT2D eigenvalue weighted by Crippen LogP contribution is -2.39. The number of rotatable bonds is 6. The SMILES string of the molecule is O=C(CCc1ccccc1)N1CCC[C@@H](c2[nH]ncc2-c2ccnc(N3CCCC3)n2)C1. The van der Waals surface area contributed by atoms with E-state index in [4.69, 9.17) is 4.98 Å². The number of benzene rings is 1. The molecular formula is C25H30N6O. The summed E-state index contributed by atoms with van der Waals surface area (Å²) in [6, 6.07) is 12.2. The molecule has 166 valence electrons. The predicted molar refractivity (Wildman–Crippen MR) is 124 cm³/mol. The summed E-state index contributed by atoms with van der Waals surface area (Å²) in [6.45, 7) is 3.60. The highest BCUT2D eigenvalue weighted by atomic mass is 16.2. The van der Waals surface area contributed by atoms with Gasteiger partial charge in [-0.15, -0.1) is 0 Å². The molecule has 0 aliphatic carbocycles. The van der Waals surface area contributed by atoms with Crippen LogP contribution in [0, 0.1) is 0 Å². The molecule has 1 atom stereocenters. The van der Waals surface area contributed by atoms with Crippen LogP contribution in [-0.4, -0.2) is 57.2 Å². The first-order valence-corrected chi connectivity index (χ1v) is 11.7. The zero-order valence-electron chi connectivity index (χ0n) is 18.4. The summed E-state index contributed by atoms with van der Waals surface area (Å²) in [5, 5.41) is 7.56. The lowest BCUT2D eigenvalue weighted by Gasteiger charge is -2.33. The van der Waals surface area contributed by atoms with Crippen molar-refractivity contribution in [1.82, 2.24) is 25.1 Å². The summed E-state index contributed by atoms with van der Waals surface area (Å²) < 4.78 is 0. The third-order valence-electron chi connectivity index (χ3n) is 6.63. The minimum atomic E-state index is 0.234. The van der Waals surface area contributed by atoms with E-state index in [0.717, 1.165) is 68.3 Å². The molecule has 0 saturated carbocycles. The van der Waals surface area contributed by atoms with Crippen molar-refractivity contribution in [3.8, 4) is 11.3 Å². The molecule has 0 unspecified atom stereocenters. The average Bonchev–Trinajstić information content (AvgIpc) is 3.56. The van der Waals surface area contributed by atoms with Crippen LogP contribution >= 0.6 is 0 Å². The maximum atomic E-state index is 12.9. The molecule has 0 radical (unpaired) electrons. The highest BCUT2D eigenvalue weighted by molar-refractivity contribution is 5.76. The Kier molecular flexibility index (Phi) is 6.14. The second-order valence-corrected chi connectivity index (χ2v) is 8.80. The van der Waals surface area contributed by atoms with Gasteiger partial charge in [-0.2, -0.15) is 5.10 Å². The van der Waals surface area contributed by atoms with E-state index in [0.29, 0.717) is 6.42 Å². The minimum Gasteiger partial charge on any atom is -0.342 e. The molecule has 1 amide bonds. The lowest BCUT2D eigenvalue weighted by molar-refractivity contribution is -0.132. The molecule has 2 saturated heterocycles. The molecule has 0 spiro atoms. The number of piperidine rings is 1. The average molecular weight is 431 g/mol. The van der Waals surface area contributed by atoms with Crippen molar-refractivity contribution in [2.45, 2.75) is 44.4 Å². The molecule has 4 heterocycles. The van der Waals surface area contributed by atoms with Crippen LogP contribution in [0.15, 0.2) is 48.8 Å². The van der Waals surface area contributed by atoms with Gasteiger partial charge >= 0.3 is 0 Å². The van der Waals surface area contributed by atoms with E-state index in [-0.39, 0.29) is 11.8 Å². The lowest BCUT2D eigenvalue weighted by atomic mass is 9.91. The molecule has 1 N–H and O–H groups in total. The van der Waals surface area contributed by atoms with Crippen LogP contribution in [0.1, 0.15) is 49.3 Å². The monoisotopic (exact) mass is 430 g/mol. The van der Waals surface area contributed by atoms with E-state index in [2.05, 4.69) is 32.2 Å². The largest absolute Gasteiger partial charge is 0.342 e. The predicted octanol–water partition coefficient (Wildman–Crippen LogP) is 3.81. The summed E-state index contributed by atoms with van der Waals surface area (Å²) in [7, 11) is 0. The topological polar surface area (TPSA) is 78.0 Å². The molecule has 1 aromatic carbocycles. The molecule has 2 fully saturated rings. The molecule has 7 heteroatoms. The van der Waals surface area contributed by atoms with Gasteiger partial charge in [-0.3, -0.25) is 9.89 Å². The highest BCUT2D eigenvalue weighted by Crippen LogP contribution is 2.33. The number of anilines is 1. The van der Waals surface area contributed by atoms with Gasteiger partial charge in [-0.05, 0) is 43.7 Å². The Balaban J connectivity index is 1.28. The number of aromatic nitrogens is 4. The van der Waals surface area contributed by atoms with Crippen LogP contribution < -0.4 is 4.90 Å². The highest BCUT2D eigenvalue weighted by Gasteiger charge is 2.28. The summed E-state index contributed by atoms with van der Waals surface area (Å²) in [5.74, 6) is 1.28. The fourth-order valence-corrected chi connectivity index (χ4v) is 4.87. The molecule has 2 aliphatic rings. The quantitative estimate of drug-likeness (QED) is 0.643. The van der Waals surface area contributed by atoms with Gasteiger partial charge in [0, 0.05) is 56.0 Å². The molecule has 3 aromatic rings. The van der Waals surface area contributed by atoms with Crippen LogP contribution in [0.25, 0.3) is 11.3 Å². The Morgan fingerprint density at radius 1 is 1.06 bits per heavy atom. The second kappa shape index (κ2) is 9.51. The van der Waals surface area contributed by atoms with Crippen LogP contribution in [0.2, 0.25) is 0 Å². The number of H-pyrrole nitrogens is 1. The second-order valence-electron chi connectivity index (χ2n) is 8.80. The van der Waals surface area contributed by atoms with Gasteiger partial charge in [0.1, 0.15) is 0 Å². The van der Waals surface area contributed by atoms with Gasteiger partial charge in [0.25, 0.3) is 0 Å². The Hall–Kier alpha value is -3.22. The van der Waals surface area contributed by atoms with Gasteiger partial charge in [-0.25, -0.2) is 9.97 Å². The van der Waals surface area contributed by atoms with Crippen molar-refractivity contribution in [3.05, 3.63) is 60.0 Å². The number of amides is 1. The van der Waals surface area contributed by atoms with Gasteiger partial charge in [-0.1, -0.05) is 30.3 Å². The molecule has 7 nitrogen and oxygen atoms in total. The molecular weight excluding hydrogens is 400 g/mol. The van der Waals surface area contributed by atoms with E-state index >= 15 is 0 Å². The smallest absolute Gasteiger partial charge is 0.225 e. The van der Waals surface area contributed by atoms with Gasteiger partial charge < -0.3 is 9.80 Å². The molecule has 0 bridgehead atoms. The third kappa shape index (κ3) is 4.52. The first-order chi connectivity index (χ1) is 15.8. The fraction of sp³-hybridized carbons (Fsp3) is 0.440. The number of likely N-dealkylation sites (tertiary alicyclic amines) is 1. The maximum absolute atomic E-state index is 12.9. The van der Waals surface area contributed by atoms with Gasteiger partial charge in [0.2, 0.25) is 11.9 Å². The van der Waals surface area contributed by atoms with E-state index in [9.17, 15) is 4.79 Å². The van der Waals surface area contributed by atoms with E-state index in [1.807, 2.05) is 41.6 Å². The number of nitrogens with zero attached hydrogens (tertiary/aromatic N) is 5. The molecule has 2 aromatic heterocycles. The third-order valence-corrected chi connectivity index (χ3v) is 6.63. The first-order valence-electron chi connectivity index (χ1n) is 11.7. The molecule has 5 rings (SSSR count). The Morgan fingerprint density at radius 3 is 2.75 bits per heavy atom. The van der Waals surface area contributed by atoms with Crippen molar-refractivity contribution < 1.29 is 4.79 Å². The number of carbonyl (C=O) groups excluding carboxylic acids is 1. The zero-order valence-corrected chi connectivity index (χ0v) is 18.4. The Bertz CT molecular complexity index is 1040. The summed E-state index contributed by atoms with van der Waals surface area (Å²) in [5.41, 5.74) is 4.22. The normalized spacial score (nSPS) is 18.8. The van der Waals surface area contributed by atoms with Crippen molar-refractivity contribution in [2.75, 3.05) is 31.1 Å². The van der Waals surface area contributed by atoms with Crippen LogP contribution in [0.3, 0.4) is 0 Å². The van der Waals surface area contributed by atoms with Crippen LogP contribution in [-0.2, 0) is 11.2 Å². The molecule has 2 aliphatic heterocycles. The number of aryl methyl sites for hydroxylation is 1. The van der Waals surface area contributed by atoms with E-state index in [1.165, 1.54) is 18.4 Å². The zero-order chi connectivity index (χ0) is 21.8. The van der Waals surface area contributed by atoms with E-state index < -0.39 is 0 Å². The van der Waals surface area contributed by atoms with Gasteiger partial charge in [0.15, 0.2) is 0 Å². The summed E-state index contributed by atoms with van der Waals surface area (Å²) in [4.78, 5) is 26.5. The van der Waals surface area contributed by atoms with Crippen molar-refractivity contribution in [2.24, 2.45) is 0 Å². The summed E-state index contributed by atoms with van der Waals surface area (Å²) in [6.07, 6.45) is 9.48.